The van der Waals surface area contributed by atoms with Crippen LogP contribution in [0.1, 0.15) is 30.3 Å². The van der Waals surface area contributed by atoms with E-state index in [0.717, 1.165) is 11.3 Å². The maximum atomic E-state index is 5.88. The zero-order valence-corrected chi connectivity index (χ0v) is 14.1. The molecule has 0 aliphatic carbocycles. The summed E-state index contributed by atoms with van der Waals surface area (Å²) in [7, 11) is 0. The van der Waals surface area contributed by atoms with Gasteiger partial charge in [-0.2, -0.15) is 4.98 Å². The molecule has 26 heavy (non-hydrogen) atoms. The van der Waals surface area contributed by atoms with Gasteiger partial charge in [-0.1, -0.05) is 35.5 Å². The fraction of sp³-hybridized carbons (Fsp3) is 0.167. The van der Waals surface area contributed by atoms with E-state index in [1.807, 2.05) is 61.5 Å². The molecule has 2 aromatic heterocycles. The highest BCUT2D eigenvalue weighted by Crippen LogP contribution is 2.22. The second-order valence-corrected chi connectivity index (χ2v) is 5.72. The molecule has 4 aromatic rings. The quantitative estimate of drug-likeness (QED) is 0.529. The Labute approximate surface area is 149 Å². The van der Waals surface area contributed by atoms with E-state index in [0.29, 0.717) is 23.9 Å². The van der Waals surface area contributed by atoms with E-state index < -0.39 is 0 Å². The number of ether oxygens (including phenoxy) is 1. The van der Waals surface area contributed by atoms with E-state index in [9.17, 15) is 0 Å². The summed E-state index contributed by atoms with van der Waals surface area (Å²) in [6.45, 7) is 1.87. The van der Waals surface area contributed by atoms with Crippen LogP contribution in [-0.4, -0.2) is 30.3 Å². The molecule has 2 aromatic carbocycles. The molecule has 0 radical (unpaired) electrons. The Morgan fingerprint density at radius 1 is 1.08 bits per heavy atom. The van der Waals surface area contributed by atoms with E-state index in [-0.39, 0.29) is 6.10 Å². The predicted molar refractivity (Wildman–Crippen MR) is 91.7 cm³/mol. The van der Waals surface area contributed by atoms with Crippen LogP contribution in [0.4, 0.5) is 0 Å². The normalized spacial score (nSPS) is 12.0. The summed E-state index contributed by atoms with van der Waals surface area (Å²) in [6, 6.07) is 17.4. The number of tetrazole rings is 1. The van der Waals surface area contributed by atoms with Gasteiger partial charge in [-0.15, -0.1) is 5.10 Å². The first-order valence-corrected chi connectivity index (χ1v) is 8.14. The van der Waals surface area contributed by atoms with Gasteiger partial charge in [0.25, 0.3) is 5.89 Å². The zero-order valence-electron chi connectivity index (χ0n) is 14.1. The van der Waals surface area contributed by atoms with Crippen LogP contribution in [0.2, 0.25) is 0 Å². The van der Waals surface area contributed by atoms with E-state index in [1.54, 1.807) is 4.68 Å². The van der Waals surface area contributed by atoms with Crippen LogP contribution in [-0.2, 0) is 6.42 Å². The molecule has 8 nitrogen and oxygen atoms in total. The summed E-state index contributed by atoms with van der Waals surface area (Å²) in [5.41, 5.74) is 1.98. The van der Waals surface area contributed by atoms with E-state index in [1.165, 1.54) is 6.33 Å². The second-order valence-electron chi connectivity index (χ2n) is 5.72. The highest BCUT2D eigenvalue weighted by molar-refractivity contribution is 5.36. The van der Waals surface area contributed by atoms with Gasteiger partial charge < -0.3 is 9.26 Å². The minimum absolute atomic E-state index is 0.356. The van der Waals surface area contributed by atoms with Crippen molar-refractivity contribution in [3.8, 4) is 11.4 Å². The number of hydrogen-bond acceptors (Lipinski definition) is 7. The van der Waals surface area contributed by atoms with E-state index in [2.05, 4.69) is 25.7 Å². The largest absolute Gasteiger partial charge is 0.481 e. The van der Waals surface area contributed by atoms with Gasteiger partial charge in [0, 0.05) is 6.42 Å². The summed E-state index contributed by atoms with van der Waals surface area (Å²) in [5.74, 6) is 1.77. The third-order valence-corrected chi connectivity index (χ3v) is 3.80. The fourth-order valence-corrected chi connectivity index (χ4v) is 2.49. The maximum Gasteiger partial charge on any atom is 0.267 e. The molecule has 0 saturated heterocycles. The molecule has 8 heteroatoms. The van der Waals surface area contributed by atoms with Gasteiger partial charge in [0.2, 0.25) is 0 Å². The Hall–Kier alpha value is -3.55. The van der Waals surface area contributed by atoms with Gasteiger partial charge in [-0.05, 0) is 47.2 Å². The maximum absolute atomic E-state index is 5.88. The molecule has 0 bridgehead atoms. The van der Waals surface area contributed by atoms with E-state index in [4.69, 9.17) is 9.26 Å². The summed E-state index contributed by atoms with van der Waals surface area (Å²) in [6.07, 6.45) is 1.80. The number of nitrogens with zero attached hydrogens (tertiary/aromatic N) is 6. The van der Waals surface area contributed by atoms with Crippen molar-refractivity contribution in [2.45, 2.75) is 19.4 Å². The monoisotopic (exact) mass is 348 g/mol. The van der Waals surface area contributed by atoms with Crippen molar-refractivity contribution in [3.05, 3.63) is 78.2 Å². The Morgan fingerprint density at radius 2 is 1.88 bits per heavy atom. The van der Waals surface area contributed by atoms with Crippen molar-refractivity contribution in [3.63, 3.8) is 0 Å². The van der Waals surface area contributed by atoms with Crippen LogP contribution in [0.25, 0.3) is 5.69 Å². The molecule has 0 saturated carbocycles. The lowest BCUT2D eigenvalue weighted by Crippen LogP contribution is -2.04. The molecule has 130 valence electrons. The van der Waals surface area contributed by atoms with E-state index >= 15 is 0 Å². The van der Waals surface area contributed by atoms with Crippen LogP contribution in [0.3, 0.4) is 0 Å². The van der Waals surface area contributed by atoms with Gasteiger partial charge in [0.1, 0.15) is 12.1 Å². The molecule has 0 amide bonds. The first-order chi connectivity index (χ1) is 12.8. The lowest BCUT2D eigenvalue weighted by Gasteiger charge is -2.11. The average molecular weight is 348 g/mol. The topological polar surface area (TPSA) is 91.8 Å². The van der Waals surface area contributed by atoms with Gasteiger partial charge in [-0.25, -0.2) is 4.68 Å². The molecule has 4 rings (SSSR count). The highest BCUT2D eigenvalue weighted by Gasteiger charge is 2.16. The first-order valence-electron chi connectivity index (χ1n) is 8.14. The Kier molecular flexibility index (Phi) is 4.38. The standard InChI is InChI=1S/C18H16N6O2/c1-13(18-20-17(21-26-18)11-14-5-3-2-4-6-14)25-16-9-7-15(8-10-16)24-12-19-22-23-24/h2-10,12-13H,11H2,1H3/t13-/m0/s1. The Balaban J connectivity index is 1.41. The predicted octanol–water partition coefficient (Wildman–Crippen LogP) is 2.78. The Morgan fingerprint density at radius 3 is 2.62 bits per heavy atom. The molecule has 0 unspecified atom stereocenters. The molecule has 0 N–H and O–H groups in total. The van der Waals surface area contributed by atoms with Crippen molar-refractivity contribution in [2.24, 2.45) is 0 Å². The summed E-state index contributed by atoms with van der Waals surface area (Å²) in [4.78, 5) is 4.43. The van der Waals surface area contributed by atoms with Crippen LogP contribution in [0.5, 0.6) is 5.75 Å². The summed E-state index contributed by atoms with van der Waals surface area (Å²) < 4.78 is 12.8. The lowest BCUT2D eigenvalue weighted by atomic mass is 10.1. The molecule has 0 fully saturated rings. The van der Waals surface area contributed by atoms with Crippen molar-refractivity contribution in [1.29, 1.82) is 0 Å². The van der Waals surface area contributed by atoms with Crippen LogP contribution in [0.15, 0.2) is 65.4 Å². The molecule has 0 aliphatic rings. The average Bonchev–Trinajstić information content (AvgIpc) is 3.35. The second kappa shape index (κ2) is 7.14. The van der Waals surface area contributed by atoms with Gasteiger partial charge in [0.15, 0.2) is 11.9 Å². The summed E-state index contributed by atoms with van der Waals surface area (Å²) >= 11 is 0. The third-order valence-electron chi connectivity index (χ3n) is 3.80. The smallest absolute Gasteiger partial charge is 0.267 e. The number of rotatable bonds is 6. The minimum Gasteiger partial charge on any atom is -0.481 e. The van der Waals surface area contributed by atoms with Crippen LogP contribution < -0.4 is 4.74 Å². The fourth-order valence-electron chi connectivity index (χ4n) is 2.49. The van der Waals surface area contributed by atoms with Crippen molar-refractivity contribution < 1.29 is 9.26 Å². The van der Waals surface area contributed by atoms with Crippen molar-refractivity contribution >= 4 is 0 Å². The molecular weight excluding hydrogens is 332 g/mol. The molecular formula is C18H16N6O2. The number of aromatic nitrogens is 6. The lowest BCUT2D eigenvalue weighted by molar-refractivity contribution is 0.175. The van der Waals surface area contributed by atoms with Gasteiger partial charge in [-0.3, -0.25) is 0 Å². The van der Waals surface area contributed by atoms with Crippen LogP contribution in [0, 0.1) is 0 Å². The van der Waals surface area contributed by atoms with Gasteiger partial charge in [0.05, 0.1) is 5.69 Å². The Bertz CT molecular complexity index is 951. The summed E-state index contributed by atoms with van der Waals surface area (Å²) in [5, 5.41) is 15.1. The van der Waals surface area contributed by atoms with Crippen LogP contribution >= 0.6 is 0 Å². The zero-order chi connectivity index (χ0) is 17.8. The van der Waals surface area contributed by atoms with Crippen molar-refractivity contribution in [2.75, 3.05) is 0 Å². The highest BCUT2D eigenvalue weighted by atomic mass is 16.5. The number of hydrogen-bond donors (Lipinski definition) is 0. The third kappa shape index (κ3) is 3.59. The minimum atomic E-state index is -0.356. The molecule has 0 aliphatic heterocycles. The molecule has 1 atom stereocenters. The molecule has 2 heterocycles. The number of benzene rings is 2. The SMILES string of the molecule is C[C@H](Oc1ccc(-n2cnnn2)cc1)c1nc(Cc2ccccc2)no1. The first kappa shape index (κ1) is 15.9. The van der Waals surface area contributed by atoms with Gasteiger partial charge >= 0.3 is 0 Å². The van der Waals surface area contributed by atoms with Crippen molar-refractivity contribution in [1.82, 2.24) is 30.3 Å². The molecule has 0 spiro atoms.